The number of imide groups is 1. The molecule has 1 saturated heterocycles. The Labute approximate surface area is 165 Å². The molecular weight excluding hydrogens is 422 g/mol. The number of thioether (sulfide) groups is 1. The molecule has 0 aliphatic carbocycles. The molecular formula is C18H20BrNO5S. The second-order valence-corrected chi connectivity index (χ2v) is 7.68. The Balaban J connectivity index is 2.22. The highest BCUT2D eigenvalue weighted by Crippen LogP contribution is 2.35. The third kappa shape index (κ3) is 4.67. The summed E-state index contributed by atoms with van der Waals surface area (Å²) in [4.78, 5) is 37.7. The van der Waals surface area contributed by atoms with Gasteiger partial charge in [0.2, 0.25) is 0 Å². The van der Waals surface area contributed by atoms with Gasteiger partial charge in [-0.2, -0.15) is 0 Å². The minimum atomic E-state index is -0.957. The van der Waals surface area contributed by atoms with Crippen LogP contribution in [-0.2, 0) is 14.3 Å². The predicted molar refractivity (Wildman–Crippen MR) is 104 cm³/mol. The molecule has 1 aliphatic rings. The largest absolute Gasteiger partial charge is 0.490 e. The Morgan fingerprint density at radius 3 is 2.58 bits per heavy atom. The number of carbonyl (C=O) groups excluding carboxylic acids is 3. The molecule has 0 saturated carbocycles. The maximum absolute atomic E-state index is 12.5. The van der Waals surface area contributed by atoms with Gasteiger partial charge in [0, 0.05) is 0 Å². The van der Waals surface area contributed by atoms with Crippen LogP contribution in [0.1, 0.15) is 33.3 Å². The fourth-order valence-electron chi connectivity index (χ4n) is 2.29. The van der Waals surface area contributed by atoms with Crippen LogP contribution in [0.15, 0.2) is 27.6 Å². The molecule has 2 rings (SSSR count). The normalized spacial score (nSPS) is 17.2. The van der Waals surface area contributed by atoms with Crippen LogP contribution >= 0.6 is 27.7 Å². The molecule has 0 radical (unpaired) electrons. The number of halogens is 1. The summed E-state index contributed by atoms with van der Waals surface area (Å²) in [5.74, 6) is -0.408. The average Bonchev–Trinajstić information content (AvgIpc) is 2.83. The quantitative estimate of drug-likeness (QED) is 0.485. The predicted octanol–water partition coefficient (Wildman–Crippen LogP) is 4.22. The molecule has 0 spiro atoms. The van der Waals surface area contributed by atoms with Gasteiger partial charge < -0.3 is 9.47 Å². The molecule has 26 heavy (non-hydrogen) atoms. The first-order valence-electron chi connectivity index (χ1n) is 8.14. The van der Waals surface area contributed by atoms with E-state index in [1.807, 2.05) is 13.8 Å². The molecule has 1 atom stereocenters. The van der Waals surface area contributed by atoms with E-state index in [-0.39, 0.29) is 17.6 Å². The first-order chi connectivity index (χ1) is 12.2. The Kier molecular flexibility index (Phi) is 6.88. The molecule has 0 N–H and O–H groups in total. The lowest BCUT2D eigenvalue weighted by Crippen LogP contribution is -2.42. The van der Waals surface area contributed by atoms with Crippen molar-refractivity contribution >= 4 is 50.9 Å². The number of ether oxygens (including phenoxy) is 2. The summed E-state index contributed by atoms with van der Waals surface area (Å²) >= 11 is 4.24. The molecule has 0 bridgehead atoms. The van der Waals surface area contributed by atoms with E-state index >= 15 is 0 Å². The van der Waals surface area contributed by atoms with Crippen LogP contribution in [0, 0.1) is 0 Å². The van der Waals surface area contributed by atoms with Gasteiger partial charge in [-0.05, 0) is 79.2 Å². The van der Waals surface area contributed by atoms with E-state index in [1.165, 1.54) is 6.92 Å². The maximum Gasteiger partial charge on any atom is 0.329 e. The van der Waals surface area contributed by atoms with Crippen molar-refractivity contribution in [2.45, 2.75) is 39.8 Å². The Bertz CT molecular complexity index is 762. The SMILES string of the molecule is CCOC(=O)[C@@H](C)N1C(=O)S/C(=C/c2ccc(OC(C)C)c(Br)c2)C1=O. The average molecular weight is 442 g/mol. The van der Waals surface area contributed by atoms with E-state index in [1.54, 1.807) is 31.2 Å². The first-order valence-corrected chi connectivity index (χ1v) is 9.75. The molecule has 140 valence electrons. The number of benzene rings is 1. The van der Waals surface area contributed by atoms with E-state index in [2.05, 4.69) is 15.9 Å². The molecule has 1 fully saturated rings. The zero-order chi connectivity index (χ0) is 19.4. The van der Waals surface area contributed by atoms with Crippen molar-refractivity contribution < 1.29 is 23.9 Å². The van der Waals surface area contributed by atoms with Gasteiger partial charge in [0.05, 0.1) is 22.1 Å². The second-order valence-electron chi connectivity index (χ2n) is 5.84. The molecule has 0 aromatic heterocycles. The van der Waals surface area contributed by atoms with Gasteiger partial charge in [-0.3, -0.25) is 14.5 Å². The fraction of sp³-hybridized carbons (Fsp3) is 0.389. The molecule has 8 heteroatoms. The van der Waals surface area contributed by atoms with E-state index in [4.69, 9.17) is 9.47 Å². The Hall–Kier alpha value is -1.80. The molecule has 1 aromatic carbocycles. The first kappa shape index (κ1) is 20.5. The summed E-state index contributed by atoms with van der Waals surface area (Å²) in [5.41, 5.74) is 0.738. The van der Waals surface area contributed by atoms with Gasteiger partial charge in [-0.25, -0.2) is 4.79 Å². The summed E-state index contributed by atoms with van der Waals surface area (Å²) < 4.78 is 11.3. The lowest BCUT2D eigenvalue weighted by Gasteiger charge is -2.19. The van der Waals surface area contributed by atoms with Gasteiger partial charge in [-0.15, -0.1) is 0 Å². The van der Waals surface area contributed by atoms with Crippen LogP contribution in [0.5, 0.6) is 5.75 Å². The van der Waals surface area contributed by atoms with Crippen LogP contribution in [0.25, 0.3) is 6.08 Å². The lowest BCUT2D eigenvalue weighted by atomic mass is 10.2. The van der Waals surface area contributed by atoms with Gasteiger partial charge in [0.25, 0.3) is 11.1 Å². The summed E-state index contributed by atoms with van der Waals surface area (Å²) in [6, 6.07) is 4.44. The van der Waals surface area contributed by atoms with Crippen LogP contribution in [0.4, 0.5) is 4.79 Å². The minimum Gasteiger partial charge on any atom is -0.490 e. The Morgan fingerprint density at radius 2 is 2.00 bits per heavy atom. The third-order valence-corrected chi connectivity index (χ3v) is 4.96. The Morgan fingerprint density at radius 1 is 1.31 bits per heavy atom. The number of nitrogens with zero attached hydrogens (tertiary/aromatic N) is 1. The fourth-order valence-corrected chi connectivity index (χ4v) is 3.69. The number of hydrogen-bond donors (Lipinski definition) is 0. The highest BCUT2D eigenvalue weighted by molar-refractivity contribution is 9.10. The van der Waals surface area contributed by atoms with Crippen molar-refractivity contribution in [1.82, 2.24) is 4.90 Å². The van der Waals surface area contributed by atoms with Crippen LogP contribution in [0.2, 0.25) is 0 Å². The van der Waals surface area contributed by atoms with Gasteiger partial charge in [-0.1, -0.05) is 6.07 Å². The third-order valence-electron chi connectivity index (χ3n) is 3.45. The van der Waals surface area contributed by atoms with Crippen LogP contribution < -0.4 is 4.74 Å². The number of amides is 2. The number of rotatable bonds is 6. The highest BCUT2D eigenvalue weighted by Gasteiger charge is 2.41. The van der Waals surface area contributed by atoms with E-state index < -0.39 is 23.2 Å². The zero-order valence-electron chi connectivity index (χ0n) is 14.9. The summed E-state index contributed by atoms with van der Waals surface area (Å²) in [5, 5.41) is -0.486. The van der Waals surface area contributed by atoms with E-state index in [0.29, 0.717) is 5.75 Å². The monoisotopic (exact) mass is 441 g/mol. The summed E-state index contributed by atoms with van der Waals surface area (Å²) in [6.45, 7) is 7.20. The van der Waals surface area contributed by atoms with Crippen molar-refractivity contribution in [2.24, 2.45) is 0 Å². The summed E-state index contributed by atoms with van der Waals surface area (Å²) in [7, 11) is 0. The van der Waals surface area contributed by atoms with E-state index in [9.17, 15) is 14.4 Å². The van der Waals surface area contributed by atoms with Crippen LogP contribution in [0.3, 0.4) is 0 Å². The number of hydrogen-bond acceptors (Lipinski definition) is 6. The number of esters is 1. The smallest absolute Gasteiger partial charge is 0.329 e. The molecule has 1 aliphatic heterocycles. The summed E-state index contributed by atoms with van der Waals surface area (Å²) in [6.07, 6.45) is 1.66. The number of carbonyl (C=O) groups is 3. The second kappa shape index (κ2) is 8.73. The van der Waals surface area contributed by atoms with Gasteiger partial charge in [0.15, 0.2) is 0 Å². The highest BCUT2D eigenvalue weighted by atomic mass is 79.9. The van der Waals surface area contributed by atoms with Crippen molar-refractivity contribution in [3.05, 3.63) is 33.1 Å². The molecule has 2 amide bonds. The molecule has 6 nitrogen and oxygen atoms in total. The molecule has 1 aromatic rings. The lowest BCUT2D eigenvalue weighted by molar-refractivity contribution is -0.150. The minimum absolute atomic E-state index is 0.0398. The van der Waals surface area contributed by atoms with Crippen molar-refractivity contribution in [2.75, 3.05) is 6.61 Å². The van der Waals surface area contributed by atoms with E-state index in [0.717, 1.165) is 26.7 Å². The van der Waals surface area contributed by atoms with Crippen LogP contribution in [-0.4, -0.2) is 40.8 Å². The van der Waals surface area contributed by atoms with Gasteiger partial charge >= 0.3 is 5.97 Å². The van der Waals surface area contributed by atoms with Crippen molar-refractivity contribution in [1.29, 1.82) is 0 Å². The van der Waals surface area contributed by atoms with Crippen molar-refractivity contribution in [3.63, 3.8) is 0 Å². The zero-order valence-corrected chi connectivity index (χ0v) is 17.3. The molecule has 0 unspecified atom stereocenters. The maximum atomic E-state index is 12.5. The van der Waals surface area contributed by atoms with Gasteiger partial charge in [0.1, 0.15) is 11.8 Å². The molecule has 1 heterocycles. The standard InChI is InChI=1S/C18H20BrNO5S/c1-5-24-17(22)11(4)20-16(21)15(26-18(20)23)9-12-6-7-14(13(19)8-12)25-10(2)3/h6-11H,5H2,1-4H3/b15-9+/t11-/m1/s1. The topological polar surface area (TPSA) is 72.9 Å². The van der Waals surface area contributed by atoms with Crippen molar-refractivity contribution in [3.8, 4) is 5.75 Å².